The minimum Gasteiger partial charge on any atom is -0.368 e. The maximum absolute atomic E-state index is 11.9. The van der Waals surface area contributed by atoms with Crippen LogP contribution in [0.15, 0.2) is 18.2 Å². The van der Waals surface area contributed by atoms with Crippen LogP contribution in [0, 0.1) is 5.92 Å². The van der Waals surface area contributed by atoms with E-state index >= 15 is 0 Å². The molecule has 0 atom stereocenters. The van der Waals surface area contributed by atoms with E-state index in [2.05, 4.69) is 26.5 Å². The number of anilines is 1. The third-order valence-electron chi connectivity index (χ3n) is 6.28. The number of carbonyl (C=O) groups is 1. The number of benzene rings is 1. The van der Waals surface area contributed by atoms with Crippen molar-refractivity contribution in [3.63, 3.8) is 0 Å². The molecule has 5 nitrogen and oxygen atoms in total. The lowest BCUT2D eigenvalue weighted by molar-refractivity contribution is 0.205. The third kappa shape index (κ3) is 7.08. The predicted octanol–water partition coefficient (Wildman–Crippen LogP) is 4.99. The molecule has 168 valence electrons. The van der Waals surface area contributed by atoms with Crippen LogP contribution in [0.1, 0.15) is 38.5 Å². The van der Waals surface area contributed by atoms with Gasteiger partial charge in [0.25, 0.3) is 0 Å². The second kappa shape index (κ2) is 12.2. The van der Waals surface area contributed by atoms with E-state index in [0.29, 0.717) is 28.5 Å². The van der Waals surface area contributed by atoms with E-state index in [4.69, 9.17) is 34.8 Å². The molecule has 30 heavy (non-hydrogen) atoms. The number of hydrogen-bond donors (Lipinski definition) is 2. The summed E-state index contributed by atoms with van der Waals surface area (Å²) in [6.07, 6.45) is 6.60. The van der Waals surface area contributed by atoms with Crippen LogP contribution in [-0.4, -0.2) is 62.1 Å². The molecule has 0 radical (unpaired) electrons. The lowest BCUT2D eigenvalue weighted by Gasteiger charge is -2.37. The average Bonchev–Trinajstić information content (AvgIpc) is 2.76. The molecule has 1 saturated carbocycles. The van der Waals surface area contributed by atoms with Crippen molar-refractivity contribution in [3.05, 3.63) is 28.2 Å². The molecule has 1 aromatic rings. The number of urea groups is 1. The first-order valence-electron chi connectivity index (χ1n) is 11.1. The van der Waals surface area contributed by atoms with Crippen molar-refractivity contribution < 1.29 is 4.79 Å². The molecule has 1 aliphatic heterocycles. The van der Waals surface area contributed by atoms with Crippen molar-refractivity contribution in [2.75, 3.05) is 50.0 Å². The Hall–Kier alpha value is -0.880. The fraction of sp³-hybridized carbons (Fsp3) is 0.682. The molecule has 1 aromatic carbocycles. The van der Waals surface area contributed by atoms with Gasteiger partial charge >= 0.3 is 6.03 Å². The highest BCUT2D eigenvalue weighted by atomic mass is 35.5. The lowest BCUT2D eigenvalue weighted by Crippen LogP contribution is -2.47. The van der Waals surface area contributed by atoms with Gasteiger partial charge < -0.3 is 15.5 Å². The maximum atomic E-state index is 11.9. The highest BCUT2D eigenvalue weighted by Crippen LogP contribution is 2.33. The Labute approximate surface area is 195 Å². The summed E-state index contributed by atoms with van der Waals surface area (Å²) in [5.41, 5.74) is 1.04. The Bertz CT molecular complexity index is 674. The van der Waals surface area contributed by atoms with Gasteiger partial charge in [-0.2, -0.15) is 0 Å². The van der Waals surface area contributed by atoms with Crippen LogP contribution in [0.2, 0.25) is 10.0 Å². The van der Waals surface area contributed by atoms with Gasteiger partial charge in [0, 0.05) is 44.6 Å². The van der Waals surface area contributed by atoms with E-state index in [1.807, 2.05) is 12.1 Å². The van der Waals surface area contributed by atoms with Crippen molar-refractivity contribution in [1.29, 1.82) is 0 Å². The highest BCUT2D eigenvalue weighted by Gasteiger charge is 2.24. The topological polar surface area (TPSA) is 47.6 Å². The summed E-state index contributed by atoms with van der Waals surface area (Å²) in [5.74, 6) is 1.34. The molecule has 2 amide bonds. The van der Waals surface area contributed by atoms with Crippen LogP contribution < -0.4 is 15.5 Å². The first-order chi connectivity index (χ1) is 14.6. The highest BCUT2D eigenvalue weighted by molar-refractivity contribution is 6.43. The summed E-state index contributed by atoms with van der Waals surface area (Å²) in [6, 6.07) is 6.10. The van der Waals surface area contributed by atoms with Crippen LogP contribution in [0.25, 0.3) is 0 Å². The van der Waals surface area contributed by atoms with Crippen LogP contribution in [0.3, 0.4) is 0 Å². The van der Waals surface area contributed by atoms with Gasteiger partial charge in [-0.05, 0) is 63.1 Å². The number of halogens is 3. The molecular weight excluding hydrogens is 443 g/mol. The van der Waals surface area contributed by atoms with Crippen molar-refractivity contribution in [2.24, 2.45) is 5.92 Å². The number of alkyl halides is 1. The largest absolute Gasteiger partial charge is 0.368 e. The molecule has 2 aliphatic rings. The van der Waals surface area contributed by atoms with Crippen LogP contribution in [-0.2, 0) is 0 Å². The van der Waals surface area contributed by atoms with Crippen molar-refractivity contribution in [2.45, 2.75) is 44.6 Å². The van der Waals surface area contributed by atoms with Gasteiger partial charge in [0.15, 0.2) is 0 Å². The first-order valence-corrected chi connectivity index (χ1v) is 12.4. The smallest absolute Gasteiger partial charge is 0.315 e. The van der Waals surface area contributed by atoms with Gasteiger partial charge in [0.05, 0.1) is 15.7 Å². The summed E-state index contributed by atoms with van der Waals surface area (Å²) in [6.45, 7) is 5.87. The van der Waals surface area contributed by atoms with E-state index in [-0.39, 0.29) is 6.03 Å². The first kappa shape index (κ1) is 23.8. The van der Waals surface area contributed by atoms with Crippen LogP contribution >= 0.6 is 34.8 Å². The van der Waals surface area contributed by atoms with Gasteiger partial charge in [0.1, 0.15) is 0 Å². The second-order valence-electron chi connectivity index (χ2n) is 8.35. The van der Waals surface area contributed by atoms with Gasteiger partial charge in [-0.1, -0.05) is 29.3 Å². The molecule has 1 heterocycles. The molecule has 1 aliphatic carbocycles. The summed E-state index contributed by atoms with van der Waals surface area (Å²) in [7, 11) is 0. The second-order valence-corrected chi connectivity index (χ2v) is 9.51. The average molecular weight is 476 g/mol. The van der Waals surface area contributed by atoms with E-state index in [1.54, 1.807) is 0 Å². The van der Waals surface area contributed by atoms with Crippen molar-refractivity contribution in [1.82, 2.24) is 15.5 Å². The van der Waals surface area contributed by atoms with Crippen molar-refractivity contribution >= 4 is 46.5 Å². The molecule has 0 aromatic heterocycles. The number of carbonyl (C=O) groups excluding carboxylic acids is 1. The standard InChI is InChI=1S/C22H33Cl3N4O/c23-10-2-11-26-22(30)27-18-7-5-17(6-8-18)9-12-28-13-15-29(16-14-28)20-4-1-3-19(24)21(20)25/h1,3-4,17-18H,2,5-16H2,(H2,26,27,30)/t17-,18-. The van der Waals surface area contributed by atoms with Gasteiger partial charge in [0.2, 0.25) is 0 Å². The number of piperazine rings is 1. The van der Waals surface area contributed by atoms with Crippen molar-refractivity contribution in [3.8, 4) is 0 Å². The Kier molecular flexibility index (Phi) is 9.69. The third-order valence-corrected chi connectivity index (χ3v) is 7.35. The minimum atomic E-state index is -0.0544. The quantitative estimate of drug-likeness (QED) is 0.411. The normalized spacial score (nSPS) is 22.7. The Balaban J connectivity index is 1.31. The SMILES string of the molecule is O=C(NCCCCl)N[C@H]1CC[C@H](CCN2CCN(c3cccc(Cl)c3Cl)CC2)CC1. The zero-order valence-electron chi connectivity index (χ0n) is 17.5. The van der Waals surface area contributed by atoms with Crippen LogP contribution in [0.4, 0.5) is 10.5 Å². The van der Waals surface area contributed by atoms with Gasteiger partial charge in [-0.25, -0.2) is 4.79 Å². The summed E-state index contributed by atoms with van der Waals surface area (Å²) in [4.78, 5) is 16.8. The van der Waals surface area contributed by atoms with E-state index < -0.39 is 0 Å². The Morgan fingerprint density at radius 2 is 1.80 bits per heavy atom. The number of nitrogens with zero attached hydrogens (tertiary/aromatic N) is 2. The minimum absolute atomic E-state index is 0.0544. The summed E-state index contributed by atoms with van der Waals surface area (Å²) >= 11 is 18.2. The number of amides is 2. The maximum Gasteiger partial charge on any atom is 0.315 e. The number of nitrogens with one attached hydrogen (secondary N) is 2. The molecule has 0 unspecified atom stereocenters. The Morgan fingerprint density at radius 1 is 1.07 bits per heavy atom. The lowest BCUT2D eigenvalue weighted by atomic mass is 9.84. The molecule has 1 saturated heterocycles. The molecule has 8 heteroatoms. The van der Waals surface area contributed by atoms with E-state index in [9.17, 15) is 4.79 Å². The predicted molar refractivity (Wildman–Crippen MR) is 127 cm³/mol. The fourth-order valence-electron chi connectivity index (χ4n) is 4.41. The molecule has 0 bridgehead atoms. The van der Waals surface area contributed by atoms with Crippen LogP contribution in [0.5, 0.6) is 0 Å². The molecule has 0 spiro atoms. The van der Waals surface area contributed by atoms with Gasteiger partial charge in [-0.15, -0.1) is 11.6 Å². The number of rotatable bonds is 8. The van der Waals surface area contributed by atoms with E-state index in [0.717, 1.165) is 63.6 Å². The number of hydrogen-bond acceptors (Lipinski definition) is 3. The zero-order chi connectivity index (χ0) is 21.3. The molecular formula is C22H33Cl3N4O. The van der Waals surface area contributed by atoms with E-state index in [1.165, 1.54) is 19.3 Å². The monoisotopic (exact) mass is 474 g/mol. The summed E-state index contributed by atoms with van der Waals surface area (Å²) < 4.78 is 0. The Morgan fingerprint density at radius 3 is 2.50 bits per heavy atom. The van der Waals surface area contributed by atoms with Gasteiger partial charge in [-0.3, -0.25) is 4.90 Å². The summed E-state index contributed by atoms with van der Waals surface area (Å²) in [5, 5.41) is 7.25. The molecule has 2 N–H and O–H groups in total. The zero-order valence-corrected chi connectivity index (χ0v) is 19.8. The fourth-order valence-corrected chi connectivity index (χ4v) is 4.96. The molecule has 3 rings (SSSR count). The molecule has 2 fully saturated rings.